The van der Waals surface area contributed by atoms with Gasteiger partial charge in [0.2, 0.25) is 5.75 Å². The molecule has 106 valence electrons. The smallest absolute Gasteiger partial charge is 0.402 e. The van der Waals surface area contributed by atoms with Crippen molar-refractivity contribution < 1.29 is 24.6 Å². The summed E-state index contributed by atoms with van der Waals surface area (Å²) in [6.07, 6.45) is 0.515. The number of nitro benzene ring substituents is 1. The van der Waals surface area contributed by atoms with Gasteiger partial charge in [-0.3, -0.25) is 10.1 Å². The topological polar surface area (TPSA) is 125 Å². The highest BCUT2D eigenvalue weighted by molar-refractivity contribution is 5.61. The van der Waals surface area contributed by atoms with Crippen molar-refractivity contribution in [2.45, 2.75) is 19.8 Å². The van der Waals surface area contributed by atoms with E-state index in [9.17, 15) is 10.1 Å². The molecule has 0 atom stereocenters. The van der Waals surface area contributed by atoms with E-state index < -0.39 is 11.0 Å². The molecule has 0 aliphatic rings. The van der Waals surface area contributed by atoms with Gasteiger partial charge in [0.15, 0.2) is 0 Å². The standard InChI is InChI=1S/C10H13NO4.CH3NO2/c1-2-3-8-14-15-10-7-5-4-6-9(10)11(12)13;2-1(3)4/h4-7H,2-3,8H2,1H3;2H2,(H,3,4). The van der Waals surface area contributed by atoms with Crippen molar-refractivity contribution >= 4 is 11.8 Å². The van der Waals surface area contributed by atoms with Gasteiger partial charge < -0.3 is 15.7 Å². The highest BCUT2D eigenvalue weighted by atomic mass is 17.2. The van der Waals surface area contributed by atoms with Crippen LogP contribution in [0.15, 0.2) is 24.3 Å². The van der Waals surface area contributed by atoms with Gasteiger partial charge in [-0.2, -0.15) is 4.89 Å². The predicted octanol–water partition coefficient (Wildman–Crippen LogP) is 2.33. The van der Waals surface area contributed by atoms with Crippen LogP contribution < -0.4 is 10.6 Å². The van der Waals surface area contributed by atoms with Crippen molar-refractivity contribution in [1.29, 1.82) is 0 Å². The Morgan fingerprint density at radius 1 is 1.47 bits per heavy atom. The molecule has 0 bridgehead atoms. The Hall–Kier alpha value is -2.35. The summed E-state index contributed by atoms with van der Waals surface area (Å²) in [5.41, 5.74) is 3.94. The molecule has 3 N–H and O–H groups in total. The first kappa shape index (κ1) is 16.6. The van der Waals surface area contributed by atoms with Gasteiger partial charge in [0.05, 0.1) is 11.5 Å². The van der Waals surface area contributed by atoms with Gasteiger partial charge in [-0.05, 0) is 12.5 Å². The van der Waals surface area contributed by atoms with E-state index in [0.717, 1.165) is 12.8 Å². The number of amides is 1. The number of hydrogen-bond acceptors (Lipinski definition) is 5. The molecular formula is C11H16N2O6. The zero-order valence-corrected chi connectivity index (χ0v) is 10.4. The molecule has 1 amide bonds. The van der Waals surface area contributed by atoms with Crippen LogP contribution in [0.25, 0.3) is 0 Å². The third-order valence-electron chi connectivity index (χ3n) is 1.79. The lowest BCUT2D eigenvalue weighted by atomic mass is 10.3. The van der Waals surface area contributed by atoms with Crippen LogP contribution >= 0.6 is 0 Å². The highest BCUT2D eigenvalue weighted by Gasteiger charge is 2.14. The lowest BCUT2D eigenvalue weighted by Gasteiger charge is -2.04. The summed E-state index contributed by atoms with van der Waals surface area (Å²) < 4.78 is 0. The molecule has 1 rings (SSSR count). The van der Waals surface area contributed by atoms with Crippen LogP contribution in [0.5, 0.6) is 5.75 Å². The third kappa shape index (κ3) is 8.38. The van der Waals surface area contributed by atoms with Gasteiger partial charge >= 0.3 is 11.8 Å². The van der Waals surface area contributed by atoms with Crippen molar-refractivity contribution in [3.8, 4) is 5.75 Å². The second kappa shape index (κ2) is 9.66. The Kier molecular flexibility index (Phi) is 8.46. The van der Waals surface area contributed by atoms with Gasteiger partial charge in [-0.25, -0.2) is 4.79 Å². The van der Waals surface area contributed by atoms with E-state index in [-0.39, 0.29) is 11.4 Å². The minimum atomic E-state index is -1.33. The van der Waals surface area contributed by atoms with Gasteiger partial charge in [0.25, 0.3) is 0 Å². The van der Waals surface area contributed by atoms with E-state index in [4.69, 9.17) is 19.7 Å². The maximum atomic E-state index is 10.6. The van der Waals surface area contributed by atoms with E-state index in [0.29, 0.717) is 6.61 Å². The van der Waals surface area contributed by atoms with Crippen molar-refractivity contribution in [3.05, 3.63) is 34.4 Å². The quantitative estimate of drug-likeness (QED) is 0.354. The van der Waals surface area contributed by atoms with Gasteiger partial charge in [-0.15, -0.1) is 0 Å². The second-order valence-electron chi connectivity index (χ2n) is 3.32. The fourth-order valence-electron chi connectivity index (χ4n) is 0.987. The average molecular weight is 272 g/mol. The van der Waals surface area contributed by atoms with Crippen molar-refractivity contribution in [2.24, 2.45) is 5.73 Å². The average Bonchev–Trinajstić information content (AvgIpc) is 2.34. The van der Waals surface area contributed by atoms with Crippen LogP contribution in [0.1, 0.15) is 19.8 Å². The molecule has 0 unspecified atom stereocenters. The SMILES string of the molecule is CCCCOOc1ccccc1[N+](=O)[O-].NC(=O)O. The normalized spacial score (nSPS) is 9.11. The summed E-state index contributed by atoms with van der Waals surface area (Å²) in [5, 5.41) is 17.8. The Labute approximate surface area is 109 Å². The lowest BCUT2D eigenvalue weighted by molar-refractivity contribution is -0.388. The molecular weight excluding hydrogens is 256 g/mol. The maximum absolute atomic E-state index is 10.6. The lowest BCUT2D eigenvalue weighted by Crippen LogP contribution is -2.03. The first-order valence-corrected chi connectivity index (χ1v) is 5.50. The first-order valence-electron chi connectivity index (χ1n) is 5.50. The molecule has 0 fully saturated rings. The summed E-state index contributed by atoms with van der Waals surface area (Å²) in [5.74, 6) is 0.138. The summed E-state index contributed by atoms with van der Waals surface area (Å²) in [6.45, 7) is 2.46. The van der Waals surface area contributed by atoms with Crippen LogP contribution in [0.3, 0.4) is 0 Å². The fourth-order valence-corrected chi connectivity index (χ4v) is 0.987. The van der Waals surface area contributed by atoms with Crippen LogP contribution in [0.2, 0.25) is 0 Å². The summed E-state index contributed by atoms with van der Waals surface area (Å²) >= 11 is 0. The van der Waals surface area contributed by atoms with E-state index in [1.165, 1.54) is 12.1 Å². The number of hydrogen-bond donors (Lipinski definition) is 2. The van der Waals surface area contributed by atoms with E-state index in [1.807, 2.05) is 6.92 Å². The van der Waals surface area contributed by atoms with Crippen molar-refractivity contribution in [3.63, 3.8) is 0 Å². The summed E-state index contributed by atoms with van der Waals surface area (Å²) in [7, 11) is 0. The number of rotatable bonds is 6. The number of unbranched alkanes of at least 4 members (excludes halogenated alkanes) is 1. The maximum Gasteiger partial charge on any atom is 0.402 e. The zero-order chi connectivity index (χ0) is 14.7. The molecule has 19 heavy (non-hydrogen) atoms. The minimum Gasteiger partial charge on any atom is -0.465 e. The molecule has 0 saturated heterocycles. The molecule has 0 aliphatic heterocycles. The van der Waals surface area contributed by atoms with E-state index >= 15 is 0 Å². The molecule has 0 saturated carbocycles. The Morgan fingerprint density at radius 3 is 2.58 bits per heavy atom. The Bertz CT molecular complexity index is 406. The minimum absolute atomic E-state index is 0.0889. The van der Waals surface area contributed by atoms with Crippen LogP contribution in [0.4, 0.5) is 10.5 Å². The molecule has 0 radical (unpaired) electrons. The molecule has 0 aromatic heterocycles. The summed E-state index contributed by atoms with van der Waals surface area (Å²) in [4.78, 5) is 28.6. The monoisotopic (exact) mass is 272 g/mol. The molecule has 8 heteroatoms. The Morgan fingerprint density at radius 2 is 2.05 bits per heavy atom. The molecule has 1 aromatic carbocycles. The molecule has 0 aliphatic carbocycles. The van der Waals surface area contributed by atoms with E-state index in [2.05, 4.69) is 5.73 Å². The second-order valence-corrected chi connectivity index (χ2v) is 3.32. The number of nitrogens with two attached hydrogens (primary N) is 1. The van der Waals surface area contributed by atoms with Crippen molar-refractivity contribution in [2.75, 3.05) is 6.61 Å². The van der Waals surface area contributed by atoms with E-state index in [1.54, 1.807) is 12.1 Å². The largest absolute Gasteiger partial charge is 0.465 e. The highest BCUT2D eigenvalue weighted by Crippen LogP contribution is 2.25. The number of primary amides is 1. The first-order chi connectivity index (χ1) is 8.99. The van der Waals surface area contributed by atoms with Crippen LogP contribution in [-0.4, -0.2) is 22.7 Å². The van der Waals surface area contributed by atoms with Crippen LogP contribution in [-0.2, 0) is 4.89 Å². The molecule has 0 heterocycles. The molecule has 8 nitrogen and oxygen atoms in total. The zero-order valence-electron chi connectivity index (χ0n) is 10.4. The number of nitrogens with zero attached hydrogens (tertiary/aromatic N) is 1. The number of nitro groups is 1. The Balaban J connectivity index is 0.000000711. The number of benzene rings is 1. The third-order valence-corrected chi connectivity index (χ3v) is 1.79. The number of carbonyl (C=O) groups is 1. The molecule has 1 aromatic rings. The van der Waals surface area contributed by atoms with Gasteiger partial charge in [0.1, 0.15) is 0 Å². The fraction of sp³-hybridized carbons (Fsp3) is 0.364. The molecule has 0 spiro atoms. The van der Waals surface area contributed by atoms with Gasteiger partial charge in [0, 0.05) is 6.07 Å². The predicted molar refractivity (Wildman–Crippen MR) is 66.8 cm³/mol. The van der Waals surface area contributed by atoms with Crippen LogP contribution in [0, 0.1) is 10.1 Å². The number of para-hydroxylation sites is 2. The number of carboxylic acid groups (broad SMARTS) is 1. The van der Waals surface area contributed by atoms with Crippen molar-refractivity contribution in [1.82, 2.24) is 0 Å². The van der Waals surface area contributed by atoms with Gasteiger partial charge in [-0.1, -0.05) is 25.5 Å². The summed E-state index contributed by atoms with van der Waals surface area (Å²) in [6, 6.07) is 6.12.